The van der Waals surface area contributed by atoms with Crippen LogP contribution in [0.25, 0.3) is 0 Å². The summed E-state index contributed by atoms with van der Waals surface area (Å²) in [7, 11) is 0. The molecule has 120 valence electrons. The van der Waals surface area contributed by atoms with Crippen LogP contribution in [0.4, 0.5) is 0 Å². The number of ether oxygens (including phenoxy) is 1. The van der Waals surface area contributed by atoms with E-state index in [1.165, 1.54) is 0 Å². The summed E-state index contributed by atoms with van der Waals surface area (Å²) in [6, 6.07) is 26.2. The number of para-hydroxylation sites is 1. The number of hydrogen-bond acceptors (Lipinski definition) is 2. The molecule has 0 heterocycles. The van der Waals surface area contributed by atoms with Crippen LogP contribution < -0.4 is 4.74 Å². The summed E-state index contributed by atoms with van der Waals surface area (Å²) in [6.07, 6.45) is 0.730. The summed E-state index contributed by atoms with van der Waals surface area (Å²) in [5.41, 5.74) is 4.28. The predicted octanol–water partition coefficient (Wildman–Crippen LogP) is 5.77. The summed E-state index contributed by atoms with van der Waals surface area (Å²) in [4.78, 5) is 0. The van der Waals surface area contributed by atoms with E-state index >= 15 is 0 Å². The maximum Gasteiger partial charge on any atom is 0.123 e. The molecule has 24 heavy (non-hydrogen) atoms. The summed E-state index contributed by atoms with van der Waals surface area (Å²) >= 11 is 11.2. The molecule has 0 radical (unpaired) electrons. The molecule has 0 saturated heterocycles. The average molecular weight is 353 g/mol. The quantitative estimate of drug-likeness (QED) is 0.411. The third-order valence-electron chi connectivity index (χ3n) is 3.82. The average Bonchev–Trinajstić information content (AvgIpc) is 2.62. The van der Waals surface area contributed by atoms with Crippen molar-refractivity contribution in [1.82, 2.24) is 0 Å². The van der Waals surface area contributed by atoms with Crippen molar-refractivity contribution in [3.63, 3.8) is 0 Å². The minimum Gasteiger partial charge on any atom is -0.489 e. The van der Waals surface area contributed by atoms with E-state index in [0.29, 0.717) is 10.9 Å². The van der Waals surface area contributed by atoms with E-state index in [9.17, 15) is 0 Å². The second-order valence-electron chi connectivity index (χ2n) is 5.49. The highest BCUT2D eigenvalue weighted by atomic mass is 35.5. The van der Waals surface area contributed by atoms with Crippen LogP contribution in [0.2, 0.25) is 0 Å². The van der Waals surface area contributed by atoms with E-state index in [4.69, 9.17) is 28.6 Å². The molecule has 0 aromatic heterocycles. The molecule has 1 nitrogen and oxygen atoms in total. The largest absolute Gasteiger partial charge is 0.489 e. The molecule has 3 aromatic carbocycles. The first-order chi connectivity index (χ1) is 11.7. The van der Waals surface area contributed by atoms with Crippen LogP contribution in [0.15, 0.2) is 78.9 Å². The van der Waals surface area contributed by atoms with Gasteiger partial charge in [-0.1, -0.05) is 96.6 Å². The predicted molar refractivity (Wildman–Crippen MR) is 104 cm³/mol. The first-order valence-corrected chi connectivity index (χ1v) is 8.55. The van der Waals surface area contributed by atoms with Gasteiger partial charge in [0.05, 0.1) is 0 Å². The lowest BCUT2D eigenvalue weighted by atomic mass is 10.00. The van der Waals surface area contributed by atoms with Gasteiger partial charge < -0.3 is 4.74 Å². The Kier molecular flexibility index (Phi) is 5.63. The van der Waals surface area contributed by atoms with Crippen molar-refractivity contribution in [2.24, 2.45) is 0 Å². The van der Waals surface area contributed by atoms with Crippen LogP contribution in [0, 0.1) is 0 Å². The smallest absolute Gasteiger partial charge is 0.123 e. The van der Waals surface area contributed by atoms with Crippen LogP contribution in [0.5, 0.6) is 5.75 Å². The van der Waals surface area contributed by atoms with E-state index < -0.39 is 0 Å². The van der Waals surface area contributed by atoms with Crippen molar-refractivity contribution in [3.8, 4) is 5.75 Å². The first kappa shape index (κ1) is 16.7. The van der Waals surface area contributed by atoms with Gasteiger partial charge in [-0.2, -0.15) is 0 Å². The van der Waals surface area contributed by atoms with E-state index in [2.05, 4.69) is 24.3 Å². The molecule has 0 atom stereocenters. The molecule has 0 unspecified atom stereocenters. The number of rotatable bonds is 6. The summed E-state index contributed by atoms with van der Waals surface area (Å²) < 4.78 is 6.43. The number of hydrogen-bond donors (Lipinski definition) is 0. The molecule has 0 amide bonds. The molecule has 0 aliphatic carbocycles. The number of thiocarbonyl (C=S) groups is 1. The van der Waals surface area contributed by atoms with Crippen LogP contribution >= 0.6 is 23.8 Å². The Labute approximate surface area is 152 Å². The van der Waals surface area contributed by atoms with Crippen molar-refractivity contribution in [2.45, 2.75) is 13.0 Å². The van der Waals surface area contributed by atoms with Crippen LogP contribution in [-0.2, 0) is 13.0 Å². The number of halogens is 1. The fraction of sp³-hybridized carbons (Fsp3) is 0.0952. The summed E-state index contributed by atoms with van der Waals surface area (Å²) in [6.45, 7) is 0.549. The Morgan fingerprint density at radius 1 is 0.792 bits per heavy atom. The third-order valence-corrected chi connectivity index (χ3v) is 4.24. The van der Waals surface area contributed by atoms with Crippen LogP contribution in [0.3, 0.4) is 0 Å². The van der Waals surface area contributed by atoms with Gasteiger partial charge in [-0.3, -0.25) is 0 Å². The molecule has 0 N–H and O–H groups in total. The van der Waals surface area contributed by atoms with Gasteiger partial charge in [-0.15, -0.1) is 0 Å². The molecule has 0 aliphatic rings. The van der Waals surface area contributed by atoms with E-state index in [-0.39, 0.29) is 0 Å². The minimum atomic E-state index is 0.397. The Hall–Kier alpha value is -2.16. The minimum absolute atomic E-state index is 0.397. The lowest BCUT2D eigenvalue weighted by molar-refractivity contribution is 0.303. The Bertz CT molecular complexity index is 830. The third kappa shape index (κ3) is 4.22. The molecule has 3 aromatic rings. The zero-order chi connectivity index (χ0) is 16.8. The van der Waals surface area contributed by atoms with Crippen molar-refractivity contribution in [3.05, 3.63) is 101 Å². The van der Waals surface area contributed by atoms with Crippen LogP contribution in [-0.4, -0.2) is 4.32 Å². The Morgan fingerprint density at radius 3 is 2.17 bits per heavy atom. The Morgan fingerprint density at radius 2 is 1.42 bits per heavy atom. The highest BCUT2D eigenvalue weighted by molar-refractivity contribution is 7.83. The lowest BCUT2D eigenvalue weighted by Crippen LogP contribution is -2.01. The van der Waals surface area contributed by atoms with Crippen molar-refractivity contribution in [1.29, 1.82) is 0 Å². The zero-order valence-electron chi connectivity index (χ0n) is 13.1. The van der Waals surface area contributed by atoms with E-state index in [0.717, 1.165) is 34.4 Å². The van der Waals surface area contributed by atoms with Gasteiger partial charge >= 0.3 is 0 Å². The molecule has 0 spiro atoms. The van der Waals surface area contributed by atoms with E-state index in [1.54, 1.807) is 0 Å². The molecule has 0 saturated carbocycles. The van der Waals surface area contributed by atoms with Gasteiger partial charge in [0.25, 0.3) is 0 Å². The van der Waals surface area contributed by atoms with Gasteiger partial charge in [0, 0.05) is 12.0 Å². The highest BCUT2D eigenvalue weighted by Crippen LogP contribution is 2.24. The molecule has 0 bridgehead atoms. The molecular weight excluding hydrogens is 336 g/mol. The monoisotopic (exact) mass is 352 g/mol. The fourth-order valence-electron chi connectivity index (χ4n) is 2.60. The lowest BCUT2D eigenvalue weighted by Gasteiger charge is -2.13. The van der Waals surface area contributed by atoms with Crippen molar-refractivity contribution < 1.29 is 4.74 Å². The summed E-state index contributed by atoms with van der Waals surface area (Å²) in [5.74, 6) is 0.886. The molecule has 3 rings (SSSR count). The first-order valence-electron chi connectivity index (χ1n) is 7.76. The van der Waals surface area contributed by atoms with Gasteiger partial charge in [0.2, 0.25) is 0 Å². The maximum absolute atomic E-state index is 6.06. The molecule has 3 heteroatoms. The molecular formula is C21H17ClOS. The fourth-order valence-corrected chi connectivity index (χ4v) is 2.98. The second kappa shape index (κ2) is 8.09. The second-order valence-corrected chi connectivity index (χ2v) is 6.50. The van der Waals surface area contributed by atoms with Crippen molar-refractivity contribution >= 4 is 28.1 Å². The van der Waals surface area contributed by atoms with Gasteiger partial charge in [-0.25, -0.2) is 0 Å². The molecule has 0 fully saturated rings. The van der Waals surface area contributed by atoms with Gasteiger partial charge in [-0.05, 0) is 22.8 Å². The number of benzene rings is 3. The van der Waals surface area contributed by atoms with Crippen LogP contribution in [0.1, 0.15) is 22.3 Å². The highest BCUT2D eigenvalue weighted by Gasteiger charge is 2.09. The molecule has 0 aliphatic heterocycles. The van der Waals surface area contributed by atoms with Crippen molar-refractivity contribution in [2.75, 3.05) is 0 Å². The van der Waals surface area contributed by atoms with E-state index in [1.807, 2.05) is 54.6 Å². The zero-order valence-corrected chi connectivity index (χ0v) is 14.7. The Balaban J connectivity index is 1.81. The van der Waals surface area contributed by atoms with Gasteiger partial charge in [0.1, 0.15) is 16.7 Å². The standard InChI is InChI=1S/C21H17ClOS/c22-21(24)19-12-6-4-10-17(19)14-18-11-5-7-13-20(18)23-15-16-8-2-1-3-9-16/h1-13H,14-15H2. The summed E-state index contributed by atoms with van der Waals surface area (Å²) in [5, 5.41) is 0. The van der Waals surface area contributed by atoms with Gasteiger partial charge in [0.15, 0.2) is 0 Å². The maximum atomic E-state index is 6.06. The normalized spacial score (nSPS) is 10.4. The topological polar surface area (TPSA) is 9.23 Å². The SMILES string of the molecule is S=C(Cl)c1ccccc1Cc1ccccc1OCc1ccccc1.